The number of H-pyrrole nitrogens is 2. The van der Waals surface area contributed by atoms with Gasteiger partial charge in [-0.25, -0.2) is 4.79 Å². The molecule has 0 unspecified atom stereocenters. The second-order valence-electron chi connectivity index (χ2n) is 6.69. The Bertz CT molecular complexity index is 767. The summed E-state index contributed by atoms with van der Waals surface area (Å²) in [7, 11) is 0. The van der Waals surface area contributed by atoms with Gasteiger partial charge >= 0.3 is 5.69 Å². The number of hydrogen-bond donors (Lipinski definition) is 3. The molecule has 1 amide bonds. The van der Waals surface area contributed by atoms with Gasteiger partial charge in [0.15, 0.2) is 0 Å². The highest BCUT2D eigenvalue weighted by molar-refractivity contribution is 5.92. The minimum Gasteiger partial charge on any atom is -0.333 e. The summed E-state index contributed by atoms with van der Waals surface area (Å²) in [6, 6.07) is 11.2. The summed E-state index contributed by atoms with van der Waals surface area (Å²) < 4.78 is 0. The molecule has 24 heavy (non-hydrogen) atoms. The number of carbonyl (C=O) groups is 1. The molecule has 2 aliphatic heterocycles. The van der Waals surface area contributed by atoms with Gasteiger partial charge in [-0.15, -0.1) is 0 Å². The molecule has 1 aromatic heterocycles. The number of imidazole rings is 1. The van der Waals surface area contributed by atoms with Gasteiger partial charge in [-0.1, -0.05) is 36.8 Å². The van der Waals surface area contributed by atoms with Gasteiger partial charge in [0.25, 0.3) is 5.91 Å². The standard InChI is InChI=1S/C18H22N4O2/c23-17(15-11-19-18(24)21-15)22-9-5-4-8-13-16(22)10-14(20-13)12-6-2-1-3-7-12/h1-3,6-7,11,13-14,16,20H,4-5,8-10H2,(H2,19,21,24)/t13-,14-,16+/m0/s1. The maximum atomic E-state index is 12.9. The Balaban J connectivity index is 1.59. The SMILES string of the molecule is O=C(c1c[nH]c(=O)[nH]1)N1CCCC[C@@H]2N[C@H](c3ccccc3)C[C@H]21. The summed E-state index contributed by atoms with van der Waals surface area (Å²) in [6.07, 6.45) is 5.59. The Morgan fingerprint density at radius 2 is 2.00 bits per heavy atom. The minimum absolute atomic E-state index is 0.0826. The summed E-state index contributed by atoms with van der Waals surface area (Å²) in [5.74, 6) is -0.0826. The molecule has 1 aromatic carbocycles. The van der Waals surface area contributed by atoms with Crippen LogP contribution >= 0.6 is 0 Å². The molecule has 6 heteroatoms. The molecule has 0 bridgehead atoms. The number of rotatable bonds is 2. The number of fused-ring (bicyclic) bond motifs is 1. The summed E-state index contributed by atoms with van der Waals surface area (Å²) in [4.78, 5) is 31.2. The molecule has 3 atom stereocenters. The number of nitrogens with one attached hydrogen (secondary N) is 3. The molecule has 2 saturated heterocycles. The molecule has 2 fully saturated rings. The fourth-order valence-corrected chi connectivity index (χ4v) is 4.05. The Kier molecular flexibility index (Phi) is 3.98. The zero-order valence-electron chi connectivity index (χ0n) is 13.5. The van der Waals surface area contributed by atoms with Crippen molar-refractivity contribution in [2.75, 3.05) is 6.54 Å². The first-order valence-corrected chi connectivity index (χ1v) is 8.62. The smallest absolute Gasteiger partial charge is 0.323 e. The molecular formula is C18H22N4O2. The molecule has 0 radical (unpaired) electrons. The lowest BCUT2D eigenvalue weighted by Gasteiger charge is -2.29. The van der Waals surface area contributed by atoms with Gasteiger partial charge in [0, 0.05) is 30.9 Å². The van der Waals surface area contributed by atoms with E-state index in [1.54, 1.807) is 0 Å². The Labute approximate surface area is 140 Å². The molecule has 0 aliphatic carbocycles. The fourth-order valence-electron chi connectivity index (χ4n) is 4.05. The molecule has 3 heterocycles. The van der Waals surface area contributed by atoms with Crippen molar-refractivity contribution in [1.29, 1.82) is 0 Å². The quantitative estimate of drug-likeness (QED) is 0.787. The van der Waals surface area contributed by atoms with E-state index in [-0.39, 0.29) is 23.7 Å². The van der Waals surface area contributed by atoms with Gasteiger partial charge < -0.3 is 20.2 Å². The van der Waals surface area contributed by atoms with E-state index < -0.39 is 0 Å². The third-order valence-electron chi connectivity index (χ3n) is 5.21. The van der Waals surface area contributed by atoms with Gasteiger partial charge in [0.2, 0.25) is 0 Å². The van der Waals surface area contributed by atoms with Crippen molar-refractivity contribution in [2.24, 2.45) is 0 Å². The Hall–Kier alpha value is -2.34. The monoisotopic (exact) mass is 326 g/mol. The number of aromatic nitrogens is 2. The lowest BCUT2D eigenvalue weighted by molar-refractivity contribution is 0.0672. The highest BCUT2D eigenvalue weighted by atomic mass is 16.2. The van der Waals surface area contributed by atoms with E-state index in [2.05, 4.69) is 39.6 Å². The second kappa shape index (κ2) is 6.28. The van der Waals surface area contributed by atoms with Gasteiger partial charge in [-0.2, -0.15) is 0 Å². The largest absolute Gasteiger partial charge is 0.333 e. The summed E-state index contributed by atoms with van der Waals surface area (Å²) in [5.41, 5.74) is 1.29. The second-order valence-corrected chi connectivity index (χ2v) is 6.69. The van der Waals surface area contributed by atoms with E-state index in [0.717, 1.165) is 32.2 Å². The van der Waals surface area contributed by atoms with Gasteiger partial charge in [-0.3, -0.25) is 4.79 Å². The number of amides is 1. The van der Waals surface area contributed by atoms with E-state index in [1.807, 2.05) is 11.0 Å². The summed E-state index contributed by atoms with van der Waals surface area (Å²) in [6.45, 7) is 0.746. The van der Waals surface area contributed by atoms with Crippen molar-refractivity contribution >= 4 is 5.91 Å². The summed E-state index contributed by atoms with van der Waals surface area (Å²) >= 11 is 0. The van der Waals surface area contributed by atoms with Crippen LogP contribution in [0.3, 0.4) is 0 Å². The number of hydrogen-bond acceptors (Lipinski definition) is 3. The first kappa shape index (κ1) is 15.2. The highest BCUT2D eigenvalue weighted by Crippen LogP contribution is 2.34. The predicted octanol–water partition coefficient (Wildman–Crippen LogP) is 1.80. The predicted molar refractivity (Wildman–Crippen MR) is 90.8 cm³/mol. The molecule has 2 aliphatic rings. The van der Waals surface area contributed by atoms with Crippen LogP contribution in [0.2, 0.25) is 0 Å². The van der Waals surface area contributed by atoms with E-state index in [1.165, 1.54) is 11.8 Å². The van der Waals surface area contributed by atoms with Crippen molar-refractivity contribution in [3.8, 4) is 0 Å². The first-order valence-electron chi connectivity index (χ1n) is 8.62. The molecule has 126 valence electrons. The Morgan fingerprint density at radius 3 is 2.75 bits per heavy atom. The lowest BCUT2D eigenvalue weighted by atomic mass is 10.0. The fraction of sp³-hybridized carbons (Fsp3) is 0.444. The van der Waals surface area contributed by atoms with Crippen molar-refractivity contribution in [3.63, 3.8) is 0 Å². The van der Waals surface area contributed by atoms with Crippen LogP contribution in [0.25, 0.3) is 0 Å². The molecule has 2 aromatic rings. The molecule has 6 nitrogen and oxygen atoms in total. The molecule has 3 N–H and O–H groups in total. The van der Waals surface area contributed by atoms with E-state index in [4.69, 9.17) is 0 Å². The van der Waals surface area contributed by atoms with Crippen molar-refractivity contribution in [2.45, 2.75) is 43.8 Å². The maximum absolute atomic E-state index is 12.9. The normalized spacial score (nSPS) is 26.8. The van der Waals surface area contributed by atoms with Crippen LogP contribution in [0.4, 0.5) is 0 Å². The lowest BCUT2D eigenvalue weighted by Crippen LogP contribution is -2.46. The first-order chi connectivity index (χ1) is 11.7. The molecule has 0 spiro atoms. The van der Waals surface area contributed by atoms with Crippen LogP contribution in [-0.2, 0) is 0 Å². The number of benzene rings is 1. The zero-order valence-corrected chi connectivity index (χ0v) is 13.5. The van der Waals surface area contributed by atoms with Crippen LogP contribution in [0, 0.1) is 0 Å². The number of carbonyl (C=O) groups excluding carboxylic acids is 1. The van der Waals surface area contributed by atoms with Crippen molar-refractivity contribution < 1.29 is 4.79 Å². The van der Waals surface area contributed by atoms with Crippen LogP contribution in [0.1, 0.15) is 47.8 Å². The van der Waals surface area contributed by atoms with Gasteiger partial charge in [0.1, 0.15) is 5.69 Å². The number of aromatic amines is 2. The molecule has 0 saturated carbocycles. The van der Waals surface area contributed by atoms with Gasteiger partial charge in [0.05, 0.1) is 0 Å². The number of nitrogens with zero attached hydrogens (tertiary/aromatic N) is 1. The van der Waals surface area contributed by atoms with Crippen LogP contribution in [0.5, 0.6) is 0 Å². The van der Waals surface area contributed by atoms with Crippen LogP contribution in [-0.4, -0.2) is 39.4 Å². The van der Waals surface area contributed by atoms with E-state index in [0.29, 0.717) is 11.7 Å². The highest BCUT2D eigenvalue weighted by Gasteiger charge is 2.41. The zero-order chi connectivity index (χ0) is 16.5. The Morgan fingerprint density at radius 1 is 1.17 bits per heavy atom. The average Bonchev–Trinajstić information content (AvgIpc) is 3.17. The van der Waals surface area contributed by atoms with Crippen molar-refractivity contribution in [3.05, 3.63) is 58.3 Å². The molecule has 4 rings (SSSR count). The van der Waals surface area contributed by atoms with E-state index >= 15 is 0 Å². The van der Waals surface area contributed by atoms with Crippen molar-refractivity contribution in [1.82, 2.24) is 20.2 Å². The van der Waals surface area contributed by atoms with Gasteiger partial charge in [-0.05, 0) is 24.8 Å². The summed E-state index contributed by atoms with van der Waals surface area (Å²) in [5, 5.41) is 3.72. The van der Waals surface area contributed by atoms with E-state index in [9.17, 15) is 9.59 Å². The average molecular weight is 326 g/mol. The number of likely N-dealkylation sites (tertiary alicyclic amines) is 1. The minimum atomic E-state index is -0.337. The third kappa shape index (κ3) is 2.78. The third-order valence-corrected chi connectivity index (χ3v) is 5.21. The topological polar surface area (TPSA) is 81.0 Å². The van der Waals surface area contributed by atoms with Crippen LogP contribution in [0.15, 0.2) is 41.3 Å². The van der Waals surface area contributed by atoms with Crippen LogP contribution < -0.4 is 11.0 Å². The molecular weight excluding hydrogens is 304 g/mol. The maximum Gasteiger partial charge on any atom is 0.323 e.